The van der Waals surface area contributed by atoms with Crippen molar-refractivity contribution >= 4 is 0 Å². The van der Waals surface area contributed by atoms with Crippen molar-refractivity contribution < 1.29 is 0 Å². The average Bonchev–Trinajstić information content (AvgIpc) is 2.58. The van der Waals surface area contributed by atoms with Crippen molar-refractivity contribution in [2.75, 3.05) is 0 Å². The van der Waals surface area contributed by atoms with Gasteiger partial charge in [0.25, 0.3) is 0 Å². The summed E-state index contributed by atoms with van der Waals surface area (Å²) in [6.07, 6.45) is 3.55. The number of aromatic amines is 1. The van der Waals surface area contributed by atoms with Crippen LogP contribution in [-0.2, 0) is 0 Å². The van der Waals surface area contributed by atoms with Crippen molar-refractivity contribution in [2.24, 2.45) is 0 Å². The van der Waals surface area contributed by atoms with Crippen LogP contribution < -0.4 is 0 Å². The topological polar surface area (TPSA) is 28.7 Å². The predicted octanol–water partition coefficient (Wildman–Crippen LogP) is 1.88. The van der Waals surface area contributed by atoms with Crippen LogP contribution in [0.3, 0.4) is 0 Å². The van der Waals surface area contributed by atoms with Gasteiger partial charge in [0, 0.05) is 18.0 Å². The number of benzene rings is 1. The smallest absolute Gasteiger partial charge is 0.137 e. The summed E-state index contributed by atoms with van der Waals surface area (Å²) >= 11 is 0. The maximum Gasteiger partial charge on any atom is 0.137 e. The molecule has 0 saturated heterocycles. The summed E-state index contributed by atoms with van der Waals surface area (Å²) in [5, 5.41) is 0. The first-order valence-electron chi connectivity index (χ1n) is 3.43. The van der Waals surface area contributed by atoms with Gasteiger partial charge in [0.2, 0.25) is 0 Å². The average molecular weight is 143 g/mol. The Morgan fingerprint density at radius 3 is 3.09 bits per heavy atom. The van der Waals surface area contributed by atoms with E-state index in [1.165, 1.54) is 0 Å². The van der Waals surface area contributed by atoms with Gasteiger partial charge in [-0.15, -0.1) is 0 Å². The van der Waals surface area contributed by atoms with E-state index >= 15 is 0 Å². The highest BCUT2D eigenvalue weighted by atomic mass is 14.9. The summed E-state index contributed by atoms with van der Waals surface area (Å²) in [7, 11) is 0. The van der Waals surface area contributed by atoms with E-state index < -0.39 is 0 Å². The van der Waals surface area contributed by atoms with E-state index in [1.54, 1.807) is 6.20 Å². The van der Waals surface area contributed by atoms with E-state index in [1.807, 2.05) is 30.5 Å². The van der Waals surface area contributed by atoms with Gasteiger partial charge >= 0.3 is 0 Å². The van der Waals surface area contributed by atoms with E-state index in [2.05, 4.69) is 16.0 Å². The third-order valence-corrected chi connectivity index (χ3v) is 1.48. The Labute approximate surface area is 64.9 Å². The summed E-state index contributed by atoms with van der Waals surface area (Å²) < 4.78 is 0. The summed E-state index contributed by atoms with van der Waals surface area (Å²) in [6, 6.07) is 10.7. The molecular formula is C9H7N2. The van der Waals surface area contributed by atoms with Crippen LogP contribution in [0, 0.1) is 6.07 Å². The Kier molecular flexibility index (Phi) is 1.44. The number of nitrogens with one attached hydrogen (secondary N) is 1. The quantitative estimate of drug-likeness (QED) is 0.648. The number of rotatable bonds is 1. The molecule has 0 unspecified atom stereocenters. The van der Waals surface area contributed by atoms with Gasteiger partial charge in [-0.1, -0.05) is 18.2 Å². The summed E-state index contributed by atoms with van der Waals surface area (Å²) in [5.41, 5.74) is 1.07. The Hall–Kier alpha value is -1.57. The first-order chi connectivity index (χ1) is 5.47. The molecular weight excluding hydrogens is 136 g/mol. The monoisotopic (exact) mass is 143 g/mol. The lowest BCUT2D eigenvalue weighted by Gasteiger charge is -1.92. The zero-order chi connectivity index (χ0) is 7.52. The normalized spacial score (nSPS) is 9.82. The lowest BCUT2D eigenvalue weighted by molar-refractivity contribution is 1.31. The first-order valence-corrected chi connectivity index (χ1v) is 3.43. The largest absolute Gasteiger partial charge is 0.345 e. The zero-order valence-electron chi connectivity index (χ0n) is 5.91. The van der Waals surface area contributed by atoms with E-state index in [4.69, 9.17) is 0 Å². The van der Waals surface area contributed by atoms with Crippen molar-refractivity contribution in [3.05, 3.63) is 42.7 Å². The van der Waals surface area contributed by atoms with Crippen molar-refractivity contribution in [1.82, 2.24) is 9.97 Å². The van der Waals surface area contributed by atoms with Crippen LogP contribution in [0.25, 0.3) is 11.4 Å². The van der Waals surface area contributed by atoms with Crippen LogP contribution in [0.1, 0.15) is 0 Å². The van der Waals surface area contributed by atoms with Gasteiger partial charge < -0.3 is 4.98 Å². The molecule has 2 rings (SSSR count). The van der Waals surface area contributed by atoms with Crippen molar-refractivity contribution in [2.45, 2.75) is 0 Å². The van der Waals surface area contributed by atoms with E-state index in [9.17, 15) is 0 Å². The SMILES string of the molecule is [c]1cccc(-c2ncc[nH]2)c1. The second-order valence-electron chi connectivity index (χ2n) is 2.23. The number of H-pyrrole nitrogens is 1. The molecule has 0 atom stereocenters. The molecule has 0 aliphatic rings. The lowest BCUT2D eigenvalue weighted by Crippen LogP contribution is -1.77. The summed E-state index contributed by atoms with van der Waals surface area (Å²) in [5.74, 6) is 0.891. The molecule has 2 heteroatoms. The minimum Gasteiger partial charge on any atom is -0.345 e. The fourth-order valence-electron chi connectivity index (χ4n) is 0.964. The van der Waals surface area contributed by atoms with Crippen LogP contribution in [0.15, 0.2) is 36.7 Å². The highest BCUT2D eigenvalue weighted by Crippen LogP contribution is 2.11. The molecule has 2 aromatic rings. The molecule has 1 radical (unpaired) electrons. The molecule has 1 aromatic heterocycles. The van der Waals surface area contributed by atoms with Gasteiger partial charge in [0.1, 0.15) is 5.82 Å². The number of imidazole rings is 1. The molecule has 0 bridgehead atoms. The predicted molar refractivity (Wildman–Crippen MR) is 42.9 cm³/mol. The lowest BCUT2D eigenvalue weighted by atomic mass is 10.2. The molecule has 0 amide bonds. The number of hydrogen-bond donors (Lipinski definition) is 1. The highest BCUT2D eigenvalue weighted by molar-refractivity contribution is 5.53. The zero-order valence-corrected chi connectivity index (χ0v) is 5.91. The molecule has 0 fully saturated rings. The minimum atomic E-state index is 0.891. The third kappa shape index (κ3) is 1.15. The summed E-state index contributed by atoms with van der Waals surface area (Å²) in [6.45, 7) is 0. The van der Waals surface area contributed by atoms with Gasteiger partial charge in [-0.05, 0) is 12.1 Å². The van der Waals surface area contributed by atoms with Crippen molar-refractivity contribution in [3.8, 4) is 11.4 Å². The molecule has 53 valence electrons. The van der Waals surface area contributed by atoms with Gasteiger partial charge in [-0.25, -0.2) is 4.98 Å². The molecule has 0 aliphatic heterocycles. The molecule has 2 nitrogen and oxygen atoms in total. The Morgan fingerprint density at radius 1 is 1.45 bits per heavy atom. The fraction of sp³-hybridized carbons (Fsp3) is 0. The maximum atomic E-state index is 4.11. The standard InChI is InChI=1S/C9H7N2/c1-2-4-8(5-3-1)9-10-6-7-11-9/h1-2,4-7H,(H,10,11). The second-order valence-corrected chi connectivity index (χ2v) is 2.23. The maximum absolute atomic E-state index is 4.11. The Balaban J connectivity index is 2.46. The number of hydrogen-bond acceptors (Lipinski definition) is 1. The summed E-state index contributed by atoms with van der Waals surface area (Å²) in [4.78, 5) is 7.13. The van der Waals surface area contributed by atoms with E-state index in [0.717, 1.165) is 11.4 Å². The van der Waals surface area contributed by atoms with Crippen LogP contribution in [0.2, 0.25) is 0 Å². The number of aromatic nitrogens is 2. The van der Waals surface area contributed by atoms with Crippen molar-refractivity contribution in [3.63, 3.8) is 0 Å². The van der Waals surface area contributed by atoms with Gasteiger partial charge in [-0.3, -0.25) is 0 Å². The van der Waals surface area contributed by atoms with Gasteiger partial charge in [0.15, 0.2) is 0 Å². The minimum absolute atomic E-state index is 0.891. The molecule has 0 saturated carbocycles. The van der Waals surface area contributed by atoms with Crippen LogP contribution in [0.4, 0.5) is 0 Å². The van der Waals surface area contributed by atoms with Crippen LogP contribution in [-0.4, -0.2) is 9.97 Å². The molecule has 0 aliphatic carbocycles. The molecule has 1 aromatic carbocycles. The Bertz CT molecular complexity index is 311. The second kappa shape index (κ2) is 2.58. The van der Waals surface area contributed by atoms with E-state index in [-0.39, 0.29) is 0 Å². The van der Waals surface area contributed by atoms with Crippen molar-refractivity contribution in [1.29, 1.82) is 0 Å². The van der Waals surface area contributed by atoms with E-state index in [0.29, 0.717) is 0 Å². The molecule has 1 heterocycles. The first kappa shape index (κ1) is 6.16. The van der Waals surface area contributed by atoms with Crippen LogP contribution >= 0.6 is 0 Å². The Morgan fingerprint density at radius 2 is 2.45 bits per heavy atom. The highest BCUT2D eigenvalue weighted by Gasteiger charge is 1.95. The van der Waals surface area contributed by atoms with Gasteiger partial charge in [-0.2, -0.15) is 0 Å². The van der Waals surface area contributed by atoms with Crippen LogP contribution in [0.5, 0.6) is 0 Å². The molecule has 1 N–H and O–H groups in total. The number of nitrogens with zero attached hydrogens (tertiary/aromatic N) is 1. The third-order valence-electron chi connectivity index (χ3n) is 1.48. The molecule has 11 heavy (non-hydrogen) atoms. The fourth-order valence-corrected chi connectivity index (χ4v) is 0.964. The van der Waals surface area contributed by atoms with Gasteiger partial charge in [0.05, 0.1) is 0 Å². The molecule has 0 spiro atoms.